The molecule has 2 aromatic rings. The zero-order chi connectivity index (χ0) is 15.4. The molecule has 0 saturated carbocycles. The van der Waals surface area contributed by atoms with Gasteiger partial charge in [-0.05, 0) is 36.4 Å². The second-order valence-corrected chi connectivity index (χ2v) is 5.62. The first-order chi connectivity index (χ1) is 10.0. The molecule has 0 saturated heterocycles. The van der Waals surface area contributed by atoms with Crippen LogP contribution in [0.4, 0.5) is 0 Å². The van der Waals surface area contributed by atoms with Gasteiger partial charge >= 0.3 is 5.97 Å². The summed E-state index contributed by atoms with van der Waals surface area (Å²) in [4.78, 5) is 23.4. The fraction of sp³-hybridized carbons (Fsp3) is 0.0667. The molecule has 1 unspecified atom stereocenters. The third-order valence-corrected chi connectivity index (χ3v) is 4.33. The molecule has 0 radical (unpaired) electrons. The number of carbonyl (C=O) groups excluding carboxylic acids is 1. The highest BCUT2D eigenvalue weighted by atomic mass is 32.2. The van der Waals surface area contributed by atoms with Gasteiger partial charge in [0.2, 0.25) is 0 Å². The standard InChI is InChI=1S/C15H13NO4S/c1-16-14(17)12-4-2-3-5-13(12)21(20)11-8-6-10(7-9-11)15(18)19/h2-9H,1H3,(H,16,17)(H,18,19). The quantitative estimate of drug-likeness (QED) is 0.903. The van der Waals surface area contributed by atoms with Gasteiger partial charge in [-0.25, -0.2) is 9.00 Å². The number of nitrogens with one attached hydrogen (secondary N) is 1. The summed E-state index contributed by atoms with van der Waals surface area (Å²) in [5.41, 5.74) is 0.455. The van der Waals surface area contributed by atoms with Gasteiger partial charge in [0.25, 0.3) is 5.91 Å². The van der Waals surface area contributed by atoms with Crippen LogP contribution in [0.25, 0.3) is 0 Å². The minimum atomic E-state index is -1.56. The van der Waals surface area contributed by atoms with Crippen molar-refractivity contribution in [3.05, 3.63) is 59.7 Å². The Labute approximate surface area is 124 Å². The van der Waals surface area contributed by atoms with Crippen molar-refractivity contribution in [2.45, 2.75) is 9.79 Å². The summed E-state index contributed by atoms with van der Waals surface area (Å²) >= 11 is 0. The maximum absolute atomic E-state index is 12.6. The van der Waals surface area contributed by atoms with E-state index in [1.165, 1.54) is 31.3 Å². The van der Waals surface area contributed by atoms with Crippen molar-refractivity contribution < 1.29 is 18.9 Å². The predicted molar refractivity (Wildman–Crippen MR) is 77.9 cm³/mol. The topological polar surface area (TPSA) is 83.5 Å². The molecule has 0 fully saturated rings. The summed E-state index contributed by atoms with van der Waals surface area (Å²) < 4.78 is 12.6. The molecule has 2 aromatic carbocycles. The Kier molecular flexibility index (Phi) is 4.49. The van der Waals surface area contributed by atoms with Gasteiger partial charge in [-0.2, -0.15) is 0 Å². The number of carboxylic acids is 1. The van der Waals surface area contributed by atoms with Gasteiger partial charge in [-0.3, -0.25) is 4.79 Å². The average Bonchev–Trinajstić information content (AvgIpc) is 2.53. The number of aromatic carboxylic acids is 1. The zero-order valence-corrected chi connectivity index (χ0v) is 12.0. The van der Waals surface area contributed by atoms with Crippen molar-refractivity contribution in [1.29, 1.82) is 0 Å². The summed E-state index contributed by atoms with van der Waals surface area (Å²) in [5, 5.41) is 11.4. The van der Waals surface area contributed by atoms with Crippen LogP contribution in [0.5, 0.6) is 0 Å². The molecule has 0 aliphatic heterocycles. The number of rotatable bonds is 4. The Morgan fingerprint density at radius 2 is 1.67 bits per heavy atom. The molecule has 0 aromatic heterocycles. The van der Waals surface area contributed by atoms with E-state index >= 15 is 0 Å². The number of amides is 1. The van der Waals surface area contributed by atoms with E-state index in [0.29, 0.717) is 15.4 Å². The van der Waals surface area contributed by atoms with Crippen LogP contribution in [0.1, 0.15) is 20.7 Å². The minimum absolute atomic E-state index is 0.121. The average molecular weight is 303 g/mol. The maximum atomic E-state index is 12.6. The van der Waals surface area contributed by atoms with Crippen molar-refractivity contribution in [3.8, 4) is 0 Å². The molecule has 0 spiro atoms. The van der Waals surface area contributed by atoms with Crippen LogP contribution in [-0.4, -0.2) is 28.2 Å². The number of hydrogen-bond acceptors (Lipinski definition) is 3. The Morgan fingerprint density at radius 1 is 1.05 bits per heavy atom. The molecule has 0 aliphatic carbocycles. The molecule has 1 amide bonds. The lowest BCUT2D eigenvalue weighted by atomic mass is 10.2. The van der Waals surface area contributed by atoms with Crippen molar-refractivity contribution in [2.75, 3.05) is 7.05 Å². The molecular weight excluding hydrogens is 290 g/mol. The first kappa shape index (κ1) is 14.9. The lowest BCUT2D eigenvalue weighted by Gasteiger charge is -2.08. The zero-order valence-electron chi connectivity index (χ0n) is 11.2. The molecule has 5 nitrogen and oxygen atoms in total. The van der Waals surface area contributed by atoms with Gasteiger partial charge in [0, 0.05) is 11.9 Å². The van der Waals surface area contributed by atoms with Crippen LogP contribution in [0, 0.1) is 0 Å². The van der Waals surface area contributed by atoms with Gasteiger partial charge in [0.05, 0.1) is 26.8 Å². The molecule has 2 rings (SSSR count). The van der Waals surface area contributed by atoms with Crippen LogP contribution in [0.15, 0.2) is 58.3 Å². The van der Waals surface area contributed by atoms with Gasteiger partial charge in [-0.1, -0.05) is 12.1 Å². The van der Waals surface area contributed by atoms with Gasteiger partial charge < -0.3 is 10.4 Å². The molecule has 0 heterocycles. The van der Waals surface area contributed by atoms with Gasteiger partial charge in [0.1, 0.15) is 0 Å². The number of benzene rings is 2. The Bertz CT molecular complexity index is 710. The van der Waals surface area contributed by atoms with Crippen LogP contribution in [-0.2, 0) is 10.8 Å². The Hall–Kier alpha value is -2.47. The second kappa shape index (κ2) is 6.32. The first-order valence-electron chi connectivity index (χ1n) is 6.11. The number of carbonyl (C=O) groups is 2. The molecule has 0 bridgehead atoms. The lowest BCUT2D eigenvalue weighted by molar-refractivity contribution is 0.0696. The number of carboxylic acid groups (broad SMARTS) is 1. The van der Waals surface area contributed by atoms with Crippen LogP contribution >= 0.6 is 0 Å². The summed E-state index contributed by atoms with van der Waals surface area (Å²) in [5.74, 6) is -1.36. The smallest absolute Gasteiger partial charge is 0.335 e. The Morgan fingerprint density at radius 3 is 2.24 bits per heavy atom. The minimum Gasteiger partial charge on any atom is -0.478 e. The Balaban J connectivity index is 2.40. The summed E-state index contributed by atoms with van der Waals surface area (Å²) in [6.45, 7) is 0. The largest absolute Gasteiger partial charge is 0.478 e. The summed E-state index contributed by atoms with van der Waals surface area (Å²) in [6.07, 6.45) is 0. The maximum Gasteiger partial charge on any atom is 0.335 e. The molecular formula is C15H13NO4S. The third kappa shape index (κ3) is 3.17. The predicted octanol–water partition coefficient (Wildman–Crippen LogP) is 1.91. The second-order valence-electron chi connectivity index (χ2n) is 4.17. The molecule has 21 heavy (non-hydrogen) atoms. The van der Waals surface area contributed by atoms with E-state index in [2.05, 4.69) is 5.32 Å². The number of hydrogen-bond donors (Lipinski definition) is 2. The van der Waals surface area contributed by atoms with E-state index in [1.807, 2.05) is 0 Å². The van der Waals surface area contributed by atoms with Crippen molar-refractivity contribution >= 4 is 22.7 Å². The van der Waals surface area contributed by atoms with Crippen molar-refractivity contribution in [1.82, 2.24) is 5.32 Å². The summed E-state index contributed by atoms with van der Waals surface area (Å²) in [7, 11) is -0.0521. The first-order valence-corrected chi connectivity index (χ1v) is 7.26. The van der Waals surface area contributed by atoms with Gasteiger partial charge in [0.15, 0.2) is 0 Å². The third-order valence-electron chi connectivity index (χ3n) is 2.87. The molecule has 2 N–H and O–H groups in total. The molecule has 6 heteroatoms. The molecule has 0 aliphatic rings. The molecule has 1 atom stereocenters. The monoisotopic (exact) mass is 303 g/mol. The van der Waals surface area contributed by atoms with Crippen molar-refractivity contribution in [2.24, 2.45) is 0 Å². The van der Waals surface area contributed by atoms with Crippen LogP contribution in [0.3, 0.4) is 0 Å². The van der Waals surface area contributed by atoms with Crippen LogP contribution in [0.2, 0.25) is 0 Å². The fourth-order valence-electron chi connectivity index (χ4n) is 1.80. The van der Waals surface area contributed by atoms with E-state index < -0.39 is 16.8 Å². The van der Waals surface area contributed by atoms with E-state index in [4.69, 9.17) is 5.11 Å². The highest BCUT2D eigenvalue weighted by molar-refractivity contribution is 7.85. The van der Waals surface area contributed by atoms with E-state index in [-0.39, 0.29) is 11.5 Å². The van der Waals surface area contributed by atoms with E-state index in [1.54, 1.807) is 24.3 Å². The van der Waals surface area contributed by atoms with Gasteiger partial charge in [-0.15, -0.1) is 0 Å². The van der Waals surface area contributed by atoms with Crippen LogP contribution < -0.4 is 5.32 Å². The lowest BCUT2D eigenvalue weighted by Crippen LogP contribution is -2.19. The highest BCUT2D eigenvalue weighted by Gasteiger charge is 2.16. The fourth-order valence-corrected chi connectivity index (χ4v) is 3.00. The SMILES string of the molecule is CNC(=O)c1ccccc1S(=O)c1ccc(C(=O)O)cc1. The summed E-state index contributed by atoms with van der Waals surface area (Å²) in [6, 6.07) is 12.4. The van der Waals surface area contributed by atoms with E-state index in [9.17, 15) is 13.8 Å². The normalized spacial score (nSPS) is 11.7. The van der Waals surface area contributed by atoms with E-state index in [0.717, 1.165) is 0 Å². The highest BCUT2D eigenvalue weighted by Crippen LogP contribution is 2.20. The van der Waals surface area contributed by atoms with Crippen molar-refractivity contribution in [3.63, 3.8) is 0 Å². The molecule has 108 valence electrons.